The Hall–Kier alpha value is -1.86. The normalized spacial score (nSPS) is 20.2. The number of guanidine groups is 1. The van der Waals surface area contributed by atoms with Crippen molar-refractivity contribution in [2.75, 3.05) is 64.6 Å². The molecule has 1 aromatic heterocycles. The Balaban J connectivity index is 1.55. The van der Waals surface area contributed by atoms with Crippen molar-refractivity contribution < 1.29 is 9.47 Å². The Labute approximate surface area is 169 Å². The van der Waals surface area contributed by atoms with E-state index in [4.69, 9.17) is 14.5 Å². The zero-order valence-electron chi connectivity index (χ0n) is 17.4. The third kappa shape index (κ3) is 6.07. The van der Waals surface area contributed by atoms with Crippen LogP contribution in [0.4, 0.5) is 5.82 Å². The van der Waals surface area contributed by atoms with E-state index in [1.54, 1.807) is 7.11 Å². The molecule has 0 aromatic carbocycles. The van der Waals surface area contributed by atoms with E-state index < -0.39 is 0 Å². The maximum absolute atomic E-state index is 5.71. The molecule has 7 heteroatoms. The van der Waals surface area contributed by atoms with Crippen LogP contribution in [0.5, 0.6) is 0 Å². The number of methoxy groups -OCH3 is 1. The summed E-state index contributed by atoms with van der Waals surface area (Å²) in [5, 5.41) is 3.45. The fourth-order valence-corrected chi connectivity index (χ4v) is 3.82. The van der Waals surface area contributed by atoms with Gasteiger partial charge in [0.2, 0.25) is 0 Å². The summed E-state index contributed by atoms with van der Waals surface area (Å²) in [6.45, 7) is 10.0. The number of ether oxygens (including phenoxy) is 2. The first-order valence-electron chi connectivity index (χ1n) is 10.6. The topological polar surface area (TPSA) is 62.2 Å². The van der Waals surface area contributed by atoms with Gasteiger partial charge in [0, 0.05) is 51.9 Å². The van der Waals surface area contributed by atoms with Crippen molar-refractivity contribution in [2.24, 2.45) is 10.9 Å². The Morgan fingerprint density at radius 2 is 2.14 bits per heavy atom. The lowest BCUT2D eigenvalue weighted by atomic mass is 10.1. The van der Waals surface area contributed by atoms with Gasteiger partial charge >= 0.3 is 0 Å². The highest BCUT2D eigenvalue weighted by Gasteiger charge is 2.25. The minimum Gasteiger partial charge on any atom is -0.382 e. The Bertz CT molecular complexity index is 619. The highest BCUT2D eigenvalue weighted by Crippen LogP contribution is 2.20. The highest BCUT2D eigenvalue weighted by atomic mass is 16.5. The third-order valence-electron chi connectivity index (χ3n) is 5.36. The quantitative estimate of drug-likeness (QED) is 0.397. The average Bonchev–Trinajstić information content (AvgIpc) is 3.41. The maximum atomic E-state index is 5.71. The molecule has 1 atom stereocenters. The van der Waals surface area contributed by atoms with Gasteiger partial charge in [0.1, 0.15) is 5.82 Å². The zero-order valence-corrected chi connectivity index (χ0v) is 17.4. The van der Waals surface area contributed by atoms with Crippen LogP contribution in [0.25, 0.3) is 0 Å². The molecule has 28 heavy (non-hydrogen) atoms. The van der Waals surface area contributed by atoms with Crippen molar-refractivity contribution in [1.29, 1.82) is 0 Å². The molecule has 0 saturated carbocycles. The monoisotopic (exact) mass is 389 g/mol. The van der Waals surface area contributed by atoms with Crippen molar-refractivity contribution in [3.8, 4) is 0 Å². The first-order valence-corrected chi connectivity index (χ1v) is 10.6. The molecule has 2 fully saturated rings. The molecule has 0 radical (unpaired) electrons. The number of anilines is 1. The Morgan fingerprint density at radius 1 is 1.29 bits per heavy atom. The van der Waals surface area contributed by atoms with Gasteiger partial charge in [0.15, 0.2) is 5.96 Å². The first kappa shape index (κ1) is 20.9. The van der Waals surface area contributed by atoms with Gasteiger partial charge in [-0.1, -0.05) is 0 Å². The zero-order chi connectivity index (χ0) is 19.6. The second kappa shape index (κ2) is 11.2. The number of rotatable bonds is 9. The SMILES string of the molecule is CCNC(=NCc1ccnc(N2CCCC2)c1)N1CCC(COCCOC)C1. The molecule has 2 aliphatic rings. The van der Waals surface area contributed by atoms with Gasteiger partial charge in [-0.05, 0) is 43.9 Å². The molecule has 1 N–H and O–H groups in total. The largest absolute Gasteiger partial charge is 0.382 e. The van der Waals surface area contributed by atoms with Crippen molar-refractivity contribution in [3.05, 3.63) is 23.9 Å². The molecule has 2 aliphatic heterocycles. The average molecular weight is 390 g/mol. The van der Waals surface area contributed by atoms with Gasteiger partial charge in [-0.15, -0.1) is 0 Å². The molecule has 3 rings (SSSR count). The van der Waals surface area contributed by atoms with Crippen LogP contribution in [0.3, 0.4) is 0 Å². The van der Waals surface area contributed by atoms with E-state index in [0.717, 1.165) is 57.5 Å². The molecule has 3 heterocycles. The summed E-state index contributed by atoms with van der Waals surface area (Å²) in [7, 11) is 1.71. The molecule has 7 nitrogen and oxygen atoms in total. The van der Waals surface area contributed by atoms with Crippen molar-refractivity contribution in [3.63, 3.8) is 0 Å². The lowest BCUT2D eigenvalue weighted by molar-refractivity contribution is 0.0536. The van der Waals surface area contributed by atoms with Gasteiger partial charge in [0.05, 0.1) is 26.4 Å². The molecular formula is C21H35N5O2. The van der Waals surface area contributed by atoms with Crippen LogP contribution < -0.4 is 10.2 Å². The van der Waals surface area contributed by atoms with Crippen molar-refractivity contribution in [1.82, 2.24) is 15.2 Å². The predicted octanol–water partition coefficient (Wildman–Crippen LogP) is 2.13. The van der Waals surface area contributed by atoms with E-state index in [1.807, 2.05) is 6.20 Å². The molecule has 1 unspecified atom stereocenters. The van der Waals surface area contributed by atoms with Gasteiger partial charge < -0.3 is 24.6 Å². The van der Waals surface area contributed by atoms with Crippen molar-refractivity contribution in [2.45, 2.75) is 32.7 Å². The van der Waals surface area contributed by atoms with Crippen LogP contribution in [-0.2, 0) is 16.0 Å². The fourth-order valence-electron chi connectivity index (χ4n) is 3.82. The number of nitrogens with one attached hydrogen (secondary N) is 1. The van der Waals surface area contributed by atoms with Crippen LogP contribution in [0.2, 0.25) is 0 Å². The van der Waals surface area contributed by atoms with Gasteiger partial charge in [-0.25, -0.2) is 9.98 Å². The summed E-state index contributed by atoms with van der Waals surface area (Å²) in [5.41, 5.74) is 1.21. The second-order valence-corrected chi connectivity index (χ2v) is 7.56. The summed E-state index contributed by atoms with van der Waals surface area (Å²) < 4.78 is 10.8. The Kier molecular flexibility index (Phi) is 8.36. The lowest BCUT2D eigenvalue weighted by Crippen LogP contribution is -2.40. The van der Waals surface area contributed by atoms with E-state index in [1.165, 1.54) is 18.4 Å². The molecule has 156 valence electrons. The van der Waals surface area contributed by atoms with Gasteiger partial charge in [0.25, 0.3) is 0 Å². The number of aromatic nitrogens is 1. The number of aliphatic imine (C=N–C) groups is 1. The van der Waals surface area contributed by atoms with E-state index >= 15 is 0 Å². The summed E-state index contributed by atoms with van der Waals surface area (Å²) >= 11 is 0. The van der Waals surface area contributed by atoms with Crippen molar-refractivity contribution >= 4 is 11.8 Å². The van der Waals surface area contributed by atoms with Crippen LogP contribution in [0.15, 0.2) is 23.3 Å². The van der Waals surface area contributed by atoms with E-state index in [0.29, 0.717) is 25.7 Å². The third-order valence-corrected chi connectivity index (χ3v) is 5.36. The van der Waals surface area contributed by atoms with Crippen LogP contribution in [-0.4, -0.2) is 75.5 Å². The number of nitrogens with zero attached hydrogens (tertiary/aromatic N) is 4. The number of likely N-dealkylation sites (tertiary alicyclic amines) is 1. The molecule has 0 aliphatic carbocycles. The number of pyridine rings is 1. The molecule has 0 amide bonds. The molecule has 1 aromatic rings. The standard InChI is InChI=1S/C21H35N5O2/c1-3-22-21(26-11-7-19(16-26)17-28-13-12-27-2)24-15-18-6-8-23-20(14-18)25-9-4-5-10-25/h6,8,14,19H,3-5,7,9-13,15-17H2,1-2H3,(H,22,24). The minimum absolute atomic E-state index is 0.559. The van der Waals surface area contributed by atoms with E-state index in [-0.39, 0.29) is 0 Å². The van der Waals surface area contributed by atoms with Gasteiger partial charge in [-0.3, -0.25) is 0 Å². The summed E-state index contributed by atoms with van der Waals surface area (Å²) in [5.74, 6) is 2.65. The van der Waals surface area contributed by atoms with Crippen LogP contribution in [0.1, 0.15) is 31.7 Å². The second-order valence-electron chi connectivity index (χ2n) is 7.56. The smallest absolute Gasteiger partial charge is 0.194 e. The fraction of sp³-hybridized carbons (Fsp3) is 0.714. The molecular weight excluding hydrogens is 354 g/mol. The molecule has 0 spiro atoms. The summed E-state index contributed by atoms with van der Waals surface area (Å²) in [6.07, 6.45) is 5.58. The predicted molar refractivity (Wildman–Crippen MR) is 113 cm³/mol. The first-order chi connectivity index (χ1) is 13.8. The highest BCUT2D eigenvalue weighted by molar-refractivity contribution is 5.80. The molecule has 2 saturated heterocycles. The summed E-state index contributed by atoms with van der Waals surface area (Å²) in [6, 6.07) is 4.26. The maximum Gasteiger partial charge on any atom is 0.194 e. The number of hydrogen-bond donors (Lipinski definition) is 1. The minimum atomic E-state index is 0.559. The van der Waals surface area contributed by atoms with E-state index in [9.17, 15) is 0 Å². The molecule has 0 bridgehead atoms. The van der Waals surface area contributed by atoms with E-state index in [2.05, 4.69) is 39.2 Å². The van der Waals surface area contributed by atoms with Crippen LogP contribution in [0, 0.1) is 5.92 Å². The van der Waals surface area contributed by atoms with Crippen LogP contribution >= 0.6 is 0 Å². The van der Waals surface area contributed by atoms with Gasteiger partial charge in [-0.2, -0.15) is 0 Å². The number of hydrogen-bond acceptors (Lipinski definition) is 5. The Morgan fingerprint density at radius 3 is 2.93 bits per heavy atom. The lowest BCUT2D eigenvalue weighted by Gasteiger charge is -2.22. The summed E-state index contributed by atoms with van der Waals surface area (Å²) in [4.78, 5) is 14.2.